The Hall–Kier alpha value is -0.950. The minimum atomic E-state index is -0.251. The van der Waals surface area contributed by atoms with Gasteiger partial charge >= 0.3 is 0 Å². The normalized spacial score (nSPS) is 28.7. The Morgan fingerprint density at radius 3 is 2.58 bits per heavy atom. The molecule has 1 spiro atoms. The molecule has 0 aromatic carbocycles. The molecule has 24 heavy (non-hydrogen) atoms. The van der Waals surface area contributed by atoms with Crippen LogP contribution in [0.5, 0.6) is 0 Å². The fourth-order valence-corrected chi connectivity index (χ4v) is 4.59. The predicted molar refractivity (Wildman–Crippen MR) is 89.8 cm³/mol. The van der Waals surface area contributed by atoms with Crippen LogP contribution in [0.1, 0.15) is 48.7 Å². The molecule has 3 fully saturated rings. The molecule has 0 radical (unpaired) electrons. The maximum absolute atomic E-state index is 5.86. The minimum absolute atomic E-state index is 0.251. The highest BCUT2D eigenvalue weighted by molar-refractivity contribution is 5.27. The van der Waals surface area contributed by atoms with Crippen molar-refractivity contribution in [2.75, 3.05) is 39.5 Å². The molecular weight excluding hydrogens is 306 g/mol. The Balaban J connectivity index is 1.41. The number of aryl methyl sites for hydroxylation is 2. The number of aromatic amines is 1. The maximum Gasteiger partial charge on any atom is 0.168 e. The van der Waals surface area contributed by atoms with Crippen LogP contribution in [0.25, 0.3) is 0 Å². The molecule has 0 bridgehead atoms. The van der Waals surface area contributed by atoms with Crippen LogP contribution in [-0.2, 0) is 14.2 Å². The van der Waals surface area contributed by atoms with Crippen molar-refractivity contribution in [3.63, 3.8) is 0 Å². The summed E-state index contributed by atoms with van der Waals surface area (Å²) >= 11 is 0. The van der Waals surface area contributed by atoms with E-state index in [4.69, 9.17) is 14.2 Å². The first-order chi connectivity index (χ1) is 11.7. The van der Waals surface area contributed by atoms with Crippen molar-refractivity contribution in [2.45, 2.75) is 51.4 Å². The molecule has 6 heteroatoms. The van der Waals surface area contributed by atoms with Crippen LogP contribution in [-0.4, -0.2) is 60.4 Å². The number of morpholine rings is 1. The maximum atomic E-state index is 5.86. The van der Waals surface area contributed by atoms with Crippen molar-refractivity contribution < 1.29 is 14.2 Å². The summed E-state index contributed by atoms with van der Waals surface area (Å²) in [7, 11) is 0. The molecule has 134 valence electrons. The van der Waals surface area contributed by atoms with E-state index < -0.39 is 0 Å². The molecular formula is C18H29N3O3. The number of hydrogen-bond acceptors (Lipinski definition) is 5. The number of aromatic nitrogens is 2. The first-order valence-corrected chi connectivity index (χ1v) is 9.28. The third-order valence-electron chi connectivity index (χ3n) is 5.93. The highest BCUT2D eigenvalue weighted by Gasteiger charge is 2.41. The second-order valence-electron chi connectivity index (χ2n) is 7.48. The van der Waals surface area contributed by atoms with E-state index in [0.717, 1.165) is 64.0 Å². The molecule has 3 aliphatic rings. The van der Waals surface area contributed by atoms with Gasteiger partial charge in [0.2, 0.25) is 0 Å². The van der Waals surface area contributed by atoms with Crippen LogP contribution in [0.2, 0.25) is 0 Å². The number of nitrogens with one attached hydrogen (secondary N) is 1. The molecule has 0 amide bonds. The number of hydrogen-bond donors (Lipinski definition) is 1. The standard InChI is InChI=1S/C18H29N3O3/c1-13-17(14(2)20-19-13)16-12-22-8-7-21(16)11-15-3-5-18(6-4-15)23-9-10-24-18/h15-16H,3-12H2,1-2H3,(H,19,20)/t16-/m0/s1. The fraction of sp³-hybridized carbons (Fsp3) is 0.833. The van der Waals surface area contributed by atoms with Gasteiger partial charge in [0.1, 0.15) is 0 Å². The molecule has 1 aliphatic carbocycles. The van der Waals surface area contributed by atoms with Gasteiger partial charge < -0.3 is 14.2 Å². The van der Waals surface area contributed by atoms with Crippen molar-refractivity contribution in [3.05, 3.63) is 17.0 Å². The van der Waals surface area contributed by atoms with Gasteiger partial charge in [-0.05, 0) is 32.6 Å². The van der Waals surface area contributed by atoms with Gasteiger partial charge in [-0.25, -0.2) is 0 Å². The number of nitrogens with zero attached hydrogens (tertiary/aromatic N) is 2. The lowest BCUT2D eigenvalue weighted by Gasteiger charge is -2.41. The zero-order chi connectivity index (χ0) is 16.6. The lowest BCUT2D eigenvalue weighted by Crippen LogP contribution is -2.44. The first kappa shape index (κ1) is 16.5. The first-order valence-electron chi connectivity index (χ1n) is 9.28. The fourth-order valence-electron chi connectivity index (χ4n) is 4.59. The van der Waals surface area contributed by atoms with Crippen LogP contribution < -0.4 is 0 Å². The Morgan fingerprint density at radius 2 is 1.92 bits per heavy atom. The van der Waals surface area contributed by atoms with E-state index in [-0.39, 0.29) is 5.79 Å². The summed E-state index contributed by atoms with van der Waals surface area (Å²) in [5, 5.41) is 7.51. The van der Waals surface area contributed by atoms with Crippen LogP contribution >= 0.6 is 0 Å². The third kappa shape index (κ3) is 3.12. The Morgan fingerprint density at radius 1 is 1.17 bits per heavy atom. The van der Waals surface area contributed by atoms with Gasteiger partial charge in [-0.2, -0.15) is 5.10 Å². The number of ether oxygens (including phenoxy) is 3. The largest absolute Gasteiger partial charge is 0.378 e. The summed E-state index contributed by atoms with van der Waals surface area (Å²) < 4.78 is 17.5. The van der Waals surface area contributed by atoms with E-state index in [1.807, 2.05) is 0 Å². The zero-order valence-electron chi connectivity index (χ0n) is 14.8. The smallest absolute Gasteiger partial charge is 0.168 e. The van der Waals surface area contributed by atoms with Gasteiger partial charge in [0.15, 0.2) is 5.79 Å². The van der Waals surface area contributed by atoms with Gasteiger partial charge in [0.25, 0.3) is 0 Å². The summed E-state index contributed by atoms with van der Waals surface area (Å²) in [5.41, 5.74) is 3.59. The van der Waals surface area contributed by atoms with E-state index in [0.29, 0.717) is 6.04 Å². The Labute approximate surface area is 143 Å². The third-order valence-corrected chi connectivity index (χ3v) is 5.93. The molecule has 1 atom stereocenters. The molecule has 2 saturated heterocycles. The average molecular weight is 335 g/mol. The lowest BCUT2D eigenvalue weighted by molar-refractivity contribution is -0.184. The quantitative estimate of drug-likeness (QED) is 0.919. The Kier molecular flexibility index (Phi) is 4.64. The molecule has 4 rings (SSSR count). The summed E-state index contributed by atoms with van der Waals surface area (Å²) in [6.07, 6.45) is 4.45. The molecule has 1 N–H and O–H groups in total. The molecule has 2 aliphatic heterocycles. The molecule has 1 aromatic rings. The van der Waals surface area contributed by atoms with Crippen LogP contribution in [0.15, 0.2) is 0 Å². The summed E-state index contributed by atoms with van der Waals surface area (Å²) in [6.45, 7) is 9.45. The summed E-state index contributed by atoms with van der Waals surface area (Å²) in [5.74, 6) is 0.468. The van der Waals surface area contributed by atoms with Crippen molar-refractivity contribution in [2.24, 2.45) is 5.92 Å². The van der Waals surface area contributed by atoms with Crippen LogP contribution in [0, 0.1) is 19.8 Å². The van der Waals surface area contributed by atoms with E-state index in [9.17, 15) is 0 Å². The van der Waals surface area contributed by atoms with Crippen molar-refractivity contribution >= 4 is 0 Å². The molecule has 1 aromatic heterocycles. The zero-order valence-corrected chi connectivity index (χ0v) is 14.8. The second kappa shape index (κ2) is 6.75. The van der Waals surface area contributed by atoms with Gasteiger partial charge in [0, 0.05) is 37.2 Å². The van der Waals surface area contributed by atoms with Gasteiger partial charge in [-0.1, -0.05) is 0 Å². The topological polar surface area (TPSA) is 59.6 Å². The summed E-state index contributed by atoms with van der Waals surface area (Å²) in [4.78, 5) is 2.60. The van der Waals surface area contributed by atoms with Crippen molar-refractivity contribution in [1.82, 2.24) is 15.1 Å². The second-order valence-corrected chi connectivity index (χ2v) is 7.48. The van der Waals surface area contributed by atoms with Crippen molar-refractivity contribution in [1.29, 1.82) is 0 Å². The monoisotopic (exact) mass is 335 g/mol. The average Bonchev–Trinajstić information content (AvgIpc) is 3.18. The highest BCUT2D eigenvalue weighted by Crippen LogP contribution is 2.39. The van der Waals surface area contributed by atoms with E-state index in [2.05, 4.69) is 28.9 Å². The molecule has 6 nitrogen and oxygen atoms in total. The van der Waals surface area contributed by atoms with E-state index in [1.165, 1.54) is 24.1 Å². The Bertz CT molecular complexity index is 538. The number of rotatable bonds is 3. The van der Waals surface area contributed by atoms with Crippen LogP contribution in [0.3, 0.4) is 0 Å². The molecule has 3 heterocycles. The van der Waals surface area contributed by atoms with Gasteiger partial charge in [-0.15, -0.1) is 0 Å². The molecule has 0 unspecified atom stereocenters. The SMILES string of the molecule is Cc1n[nH]c(C)c1[C@@H]1COCCN1CC1CCC2(CC1)OCCO2. The van der Waals surface area contributed by atoms with Crippen molar-refractivity contribution in [3.8, 4) is 0 Å². The lowest BCUT2D eigenvalue weighted by atomic mass is 9.84. The van der Waals surface area contributed by atoms with E-state index >= 15 is 0 Å². The highest BCUT2D eigenvalue weighted by atomic mass is 16.7. The van der Waals surface area contributed by atoms with Crippen LogP contribution in [0.4, 0.5) is 0 Å². The van der Waals surface area contributed by atoms with Gasteiger partial charge in [0.05, 0.1) is 38.2 Å². The predicted octanol–water partition coefficient (Wildman–Crippen LogP) is 2.33. The molecule has 1 saturated carbocycles. The minimum Gasteiger partial charge on any atom is -0.378 e. The van der Waals surface area contributed by atoms with E-state index in [1.54, 1.807) is 0 Å². The summed E-state index contributed by atoms with van der Waals surface area (Å²) in [6, 6.07) is 0.326. The van der Waals surface area contributed by atoms with Gasteiger partial charge in [-0.3, -0.25) is 10.00 Å². The number of H-pyrrole nitrogens is 1.